The quantitative estimate of drug-likeness (QED) is 0.739. The monoisotopic (exact) mass is 272 g/mol. The average molecular weight is 272 g/mol. The number of alkyl halides is 7. The fraction of sp³-hybridized carbons (Fsp3) is 1.00. The molecule has 0 N–H and O–H groups in total. The van der Waals surface area contributed by atoms with Crippen LogP contribution in [0.15, 0.2) is 0 Å². The summed E-state index contributed by atoms with van der Waals surface area (Å²) in [6.45, 7) is -0.241. The van der Waals surface area contributed by atoms with Gasteiger partial charge in [-0.1, -0.05) is 0 Å². The summed E-state index contributed by atoms with van der Waals surface area (Å²) in [5.41, 5.74) is 0. The van der Waals surface area contributed by atoms with Crippen LogP contribution in [-0.4, -0.2) is 37.9 Å². The SMILES string of the molecule is FC(F)(F)OC(F)(CC1OCCO1)C(F)(F)F. The van der Waals surface area contributed by atoms with Crippen LogP contribution >= 0.6 is 0 Å². The predicted octanol–water partition coefficient (Wildman–Crippen LogP) is 2.51. The zero-order valence-electron chi connectivity index (χ0n) is 8.07. The van der Waals surface area contributed by atoms with Crippen molar-refractivity contribution in [2.45, 2.75) is 31.1 Å². The summed E-state index contributed by atoms with van der Waals surface area (Å²) < 4.78 is 96.3. The third kappa shape index (κ3) is 3.96. The second-order valence-corrected chi connectivity index (χ2v) is 3.15. The summed E-state index contributed by atoms with van der Waals surface area (Å²) in [5, 5.41) is 0. The van der Waals surface area contributed by atoms with E-state index in [1.807, 2.05) is 0 Å². The van der Waals surface area contributed by atoms with Crippen molar-refractivity contribution in [2.24, 2.45) is 0 Å². The molecule has 0 bridgehead atoms. The lowest BCUT2D eigenvalue weighted by molar-refractivity contribution is -0.454. The molecule has 1 atom stereocenters. The molecule has 10 heteroatoms. The van der Waals surface area contributed by atoms with Gasteiger partial charge in [0.25, 0.3) is 0 Å². The van der Waals surface area contributed by atoms with Crippen molar-refractivity contribution in [3.05, 3.63) is 0 Å². The van der Waals surface area contributed by atoms with E-state index in [-0.39, 0.29) is 13.2 Å². The van der Waals surface area contributed by atoms with Gasteiger partial charge in [0, 0.05) is 0 Å². The van der Waals surface area contributed by atoms with Crippen LogP contribution in [0, 0.1) is 0 Å². The second kappa shape index (κ2) is 4.58. The molecule has 1 heterocycles. The van der Waals surface area contributed by atoms with Crippen LogP contribution in [-0.2, 0) is 14.2 Å². The number of hydrogen-bond acceptors (Lipinski definition) is 3. The van der Waals surface area contributed by atoms with E-state index < -0.39 is 31.1 Å². The Morgan fingerprint density at radius 3 is 1.76 bits per heavy atom. The Labute approximate surface area is 90.4 Å². The molecular formula is C7H7F7O3. The minimum atomic E-state index is -5.85. The number of hydrogen-bond donors (Lipinski definition) is 0. The van der Waals surface area contributed by atoms with E-state index in [1.165, 1.54) is 0 Å². The van der Waals surface area contributed by atoms with E-state index in [2.05, 4.69) is 14.2 Å². The lowest BCUT2D eigenvalue weighted by atomic mass is 10.2. The summed E-state index contributed by atoms with van der Waals surface area (Å²) in [4.78, 5) is 0. The highest BCUT2D eigenvalue weighted by molar-refractivity contribution is 4.80. The molecule has 0 saturated carbocycles. The first-order valence-corrected chi connectivity index (χ1v) is 4.29. The normalized spacial score (nSPS) is 22.8. The maximum Gasteiger partial charge on any atom is 0.525 e. The van der Waals surface area contributed by atoms with E-state index in [9.17, 15) is 30.7 Å². The van der Waals surface area contributed by atoms with Crippen molar-refractivity contribution in [1.29, 1.82) is 0 Å². The summed E-state index contributed by atoms with van der Waals surface area (Å²) in [7, 11) is 0. The first-order chi connectivity index (χ1) is 7.54. The van der Waals surface area contributed by atoms with Gasteiger partial charge in [0.05, 0.1) is 19.6 Å². The molecule has 0 aliphatic carbocycles. The van der Waals surface area contributed by atoms with Gasteiger partial charge in [-0.3, -0.25) is 0 Å². The Morgan fingerprint density at radius 2 is 1.41 bits per heavy atom. The van der Waals surface area contributed by atoms with Gasteiger partial charge in [0.1, 0.15) is 0 Å². The van der Waals surface area contributed by atoms with Crippen LogP contribution in [0.2, 0.25) is 0 Å². The molecule has 0 spiro atoms. The molecule has 0 aromatic carbocycles. The first-order valence-electron chi connectivity index (χ1n) is 4.29. The van der Waals surface area contributed by atoms with Crippen LogP contribution in [0.25, 0.3) is 0 Å². The molecule has 1 aliphatic heterocycles. The Balaban J connectivity index is 2.78. The Morgan fingerprint density at radius 1 is 0.941 bits per heavy atom. The molecule has 102 valence electrons. The van der Waals surface area contributed by atoms with Gasteiger partial charge in [-0.05, 0) is 0 Å². The van der Waals surface area contributed by atoms with Crippen molar-refractivity contribution < 1.29 is 44.9 Å². The number of rotatable bonds is 3. The standard InChI is InChI=1S/C7H7F7O3/c8-5(6(9,10)11,17-7(12,13)14)3-4-15-1-2-16-4/h4H,1-3H2. The lowest BCUT2D eigenvalue weighted by Gasteiger charge is -2.29. The molecule has 0 radical (unpaired) electrons. The van der Waals surface area contributed by atoms with Gasteiger partial charge in [-0.25, -0.2) is 9.13 Å². The van der Waals surface area contributed by atoms with Crippen LogP contribution < -0.4 is 0 Å². The fourth-order valence-electron chi connectivity index (χ4n) is 1.14. The summed E-state index contributed by atoms with van der Waals surface area (Å²) >= 11 is 0. The maximum absolute atomic E-state index is 13.2. The Bertz CT molecular complexity index is 257. The van der Waals surface area contributed by atoms with Gasteiger partial charge in [-0.2, -0.15) is 13.2 Å². The van der Waals surface area contributed by atoms with Crippen molar-refractivity contribution in [1.82, 2.24) is 0 Å². The molecule has 1 fully saturated rings. The van der Waals surface area contributed by atoms with Crippen molar-refractivity contribution in [2.75, 3.05) is 13.2 Å². The first kappa shape index (κ1) is 14.5. The Kier molecular flexibility index (Phi) is 3.89. The zero-order chi connectivity index (χ0) is 13.3. The molecule has 0 amide bonds. The smallest absolute Gasteiger partial charge is 0.350 e. The molecule has 1 unspecified atom stereocenters. The van der Waals surface area contributed by atoms with E-state index >= 15 is 0 Å². The van der Waals surface area contributed by atoms with E-state index in [0.717, 1.165) is 0 Å². The van der Waals surface area contributed by atoms with Crippen LogP contribution in [0.4, 0.5) is 30.7 Å². The van der Waals surface area contributed by atoms with Gasteiger partial charge in [0.15, 0.2) is 6.29 Å². The highest BCUT2D eigenvalue weighted by atomic mass is 19.4. The van der Waals surface area contributed by atoms with Crippen LogP contribution in [0.5, 0.6) is 0 Å². The molecule has 0 aromatic heterocycles. The minimum Gasteiger partial charge on any atom is -0.350 e. The average Bonchev–Trinajstić information content (AvgIpc) is 2.50. The third-order valence-corrected chi connectivity index (χ3v) is 1.82. The number of halogens is 7. The van der Waals surface area contributed by atoms with Crippen LogP contribution in [0.1, 0.15) is 6.42 Å². The van der Waals surface area contributed by atoms with E-state index in [0.29, 0.717) is 0 Å². The topological polar surface area (TPSA) is 27.7 Å². The molecule has 1 aliphatic rings. The molecule has 0 aromatic rings. The minimum absolute atomic E-state index is 0.120. The number of ether oxygens (including phenoxy) is 3. The van der Waals surface area contributed by atoms with Gasteiger partial charge >= 0.3 is 18.4 Å². The fourth-order valence-corrected chi connectivity index (χ4v) is 1.14. The van der Waals surface area contributed by atoms with Gasteiger partial charge in [0.2, 0.25) is 0 Å². The molecule has 1 saturated heterocycles. The predicted molar refractivity (Wildman–Crippen MR) is 37.3 cm³/mol. The largest absolute Gasteiger partial charge is 0.525 e. The summed E-state index contributed by atoms with van der Waals surface area (Å²) in [6.07, 6.45) is -15.1. The van der Waals surface area contributed by atoms with Gasteiger partial charge in [-0.15, -0.1) is 13.2 Å². The maximum atomic E-state index is 13.2. The van der Waals surface area contributed by atoms with Crippen molar-refractivity contribution in [3.63, 3.8) is 0 Å². The molecule has 1 rings (SSSR count). The second-order valence-electron chi connectivity index (χ2n) is 3.15. The summed E-state index contributed by atoms with van der Waals surface area (Å²) in [5.74, 6) is -4.89. The third-order valence-electron chi connectivity index (χ3n) is 1.82. The van der Waals surface area contributed by atoms with Crippen molar-refractivity contribution in [3.8, 4) is 0 Å². The van der Waals surface area contributed by atoms with Gasteiger partial charge < -0.3 is 9.47 Å². The van der Waals surface area contributed by atoms with E-state index in [1.54, 1.807) is 0 Å². The van der Waals surface area contributed by atoms with E-state index in [4.69, 9.17) is 0 Å². The Hall–Kier alpha value is -0.610. The molecular weight excluding hydrogens is 265 g/mol. The summed E-state index contributed by atoms with van der Waals surface area (Å²) in [6, 6.07) is 0. The molecule has 17 heavy (non-hydrogen) atoms. The molecule has 3 nitrogen and oxygen atoms in total. The van der Waals surface area contributed by atoms with Crippen LogP contribution in [0.3, 0.4) is 0 Å². The highest BCUT2D eigenvalue weighted by Gasteiger charge is 2.63. The lowest BCUT2D eigenvalue weighted by Crippen LogP contribution is -2.49. The van der Waals surface area contributed by atoms with Crippen molar-refractivity contribution >= 4 is 0 Å². The highest BCUT2D eigenvalue weighted by Crippen LogP contribution is 2.43. The zero-order valence-corrected chi connectivity index (χ0v) is 8.07.